The summed E-state index contributed by atoms with van der Waals surface area (Å²) in [5.74, 6) is 0. The summed E-state index contributed by atoms with van der Waals surface area (Å²) in [4.78, 5) is 4.38. The minimum Gasteiger partial charge on any atom is -0.371 e. The SMILES string of the molecule is C/C=C\C1=CC(/N=C/C(C)(O)NCCN)C=CC=C1. The Morgan fingerprint density at radius 3 is 3.00 bits per heavy atom. The molecule has 1 aliphatic rings. The molecule has 0 amide bonds. The van der Waals surface area contributed by atoms with Crippen molar-refractivity contribution in [3.8, 4) is 0 Å². The molecular formula is C15H23N3O. The second-order valence-corrected chi connectivity index (χ2v) is 4.54. The van der Waals surface area contributed by atoms with Crippen molar-refractivity contribution in [1.29, 1.82) is 0 Å². The van der Waals surface area contributed by atoms with Crippen molar-refractivity contribution in [2.75, 3.05) is 13.1 Å². The van der Waals surface area contributed by atoms with Crippen molar-refractivity contribution < 1.29 is 5.11 Å². The highest BCUT2D eigenvalue weighted by molar-refractivity contribution is 5.67. The molecule has 0 spiro atoms. The molecule has 104 valence electrons. The molecule has 0 bridgehead atoms. The van der Waals surface area contributed by atoms with Crippen LogP contribution in [0.4, 0.5) is 0 Å². The molecule has 0 saturated heterocycles. The molecule has 2 atom stereocenters. The highest BCUT2D eigenvalue weighted by atomic mass is 16.3. The second-order valence-electron chi connectivity index (χ2n) is 4.54. The smallest absolute Gasteiger partial charge is 0.149 e. The largest absolute Gasteiger partial charge is 0.371 e. The van der Waals surface area contributed by atoms with Crippen LogP contribution >= 0.6 is 0 Å². The van der Waals surface area contributed by atoms with Crippen molar-refractivity contribution in [1.82, 2.24) is 5.32 Å². The molecule has 4 nitrogen and oxygen atoms in total. The van der Waals surface area contributed by atoms with Crippen LogP contribution in [0.5, 0.6) is 0 Å². The van der Waals surface area contributed by atoms with Gasteiger partial charge in [0.15, 0.2) is 0 Å². The van der Waals surface area contributed by atoms with Gasteiger partial charge in [-0.25, -0.2) is 0 Å². The third-order valence-electron chi connectivity index (χ3n) is 2.56. The highest BCUT2D eigenvalue weighted by Gasteiger charge is 2.15. The van der Waals surface area contributed by atoms with E-state index in [9.17, 15) is 5.11 Å². The molecule has 1 aliphatic carbocycles. The van der Waals surface area contributed by atoms with Gasteiger partial charge in [0, 0.05) is 19.3 Å². The summed E-state index contributed by atoms with van der Waals surface area (Å²) >= 11 is 0. The van der Waals surface area contributed by atoms with Crippen LogP contribution in [0.25, 0.3) is 0 Å². The van der Waals surface area contributed by atoms with Crippen LogP contribution in [0.15, 0.2) is 53.1 Å². The van der Waals surface area contributed by atoms with Gasteiger partial charge in [0.25, 0.3) is 0 Å². The molecule has 0 radical (unpaired) electrons. The Morgan fingerprint density at radius 2 is 2.32 bits per heavy atom. The summed E-state index contributed by atoms with van der Waals surface area (Å²) < 4.78 is 0. The lowest BCUT2D eigenvalue weighted by Crippen LogP contribution is -2.46. The van der Waals surface area contributed by atoms with Crippen LogP contribution in [0.3, 0.4) is 0 Å². The van der Waals surface area contributed by atoms with Crippen molar-refractivity contribution in [2.45, 2.75) is 25.6 Å². The zero-order valence-corrected chi connectivity index (χ0v) is 11.6. The van der Waals surface area contributed by atoms with Crippen molar-refractivity contribution in [3.05, 3.63) is 48.1 Å². The first-order valence-corrected chi connectivity index (χ1v) is 6.48. The lowest BCUT2D eigenvalue weighted by atomic mass is 10.1. The summed E-state index contributed by atoms with van der Waals surface area (Å²) in [7, 11) is 0. The zero-order valence-electron chi connectivity index (χ0n) is 11.6. The summed E-state index contributed by atoms with van der Waals surface area (Å²) in [6, 6.07) is -0.0765. The maximum Gasteiger partial charge on any atom is 0.149 e. The Bertz CT molecular complexity index is 417. The maximum absolute atomic E-state index is 10.0. The highest BCUT2D eigenvalue weighted by Crippen LogP contribution is 2.10. The number of rotatable bonds is 6. The van der Waals surface area contributed by atoms with E-state index in [1.807, 2.05) is 49.5 Å². The van der Waals surface area contributed by atoms with Crippen LogP contribution < -0.4 is 11.1 Å². The van der Waals surface area contributed by atoms with Crippen LogP contribution in [0, 0.1) is 0 Å². The molecule has 0 saturated carbocycles. The number of aliphatic hydroxyl groups is 1. The molecule has 0 aromatic rings. The molecule has 2 unspecified atom stereocenters. The van der Waals surface area contributed by atoms with Gasteiger partial charge in [-0.15, -0.1) is 0 Å². The van der Waals surface area contributed by atoms with Crippen molar-refractivity contribution in [3.63, 3.8) is 0 Å². The molecule has 0 heterocycles. The first kappa shape index (κ1) is 15.6. The van der Waals surface area contributed by atoms with Crippen LogP contribution in [0.2, 0.25) is 0 Å². The third kappa shape index (κ3) is 6.29. The van der Waals surface area contributed by atoms with E-state index in [0.717, 1.165) is 5.57 Å². The number of hydrogen-bond acceptors (Lipinski definition) is 4. The van der Waals surface area contributed by atoms with E-state index in [1.54, 1.807) is 6.92 Å². The molecular weight excluding hydrogens is 238 g/mol. The average molecular weight is 261 g/mol. The Balaban J connectivity index is 2.72. The second kappa shape index (κ2) is 7.84. The average Bonchev–Trinajstić information content (AvgIpc) is 2.60. The van der Waals surface area contributed by atoms with Gasteiger partial charge in [0.05, 0.1) is 6.04 Å². The van der Waals surface area contributed by atoms with Gasteiger partial charge in [-0.05, 0) is 25.5 Å². The molecule has 0 aromatic heterocycles. The molecule has 0 fully saturated rings. The molecule has 0 aromatic carbocycles. The Labute approximate surface area is 115 Å². The molecule has 19 heavy (non-hydrogen) atoms. The number of nitrogens with zero attached hydrogens (tertiary/aromatic N) is 1. The van der Waals surface area contributed by atoms with E-state index in [0.29, 0.717) is 13.1 Å². The van der Waals surface area contributed by atoms with Gasteiger partial charge in [-0.3, -0.25) is 10.3 Å². The van der Waals surface area contributed by atoms with Crippen LogP contribution in [0.1, 0.15) is 13.8 Å². The van der Waals surface area contributed by atoms with Gasteiger partial charge in [0.2, 0.25) is 0 Å². The molecule has 4 heteroatoms. The quantitative estimate of drug-likeness (QED) is 0.499. The number of hydrogen-bond donors (Lipinski definition) is 3. The lowest BCUT2D eigenvalue weighted by molar-refractivity contribution is 0.101. The molecule has 4 N–H and O–H groups in total. The summed E-state index contributed by atoms with van der Waals surface area (Å²) in [5.41, 5.74) is 5.36. The number of nitrogens with one attached hydrogen (secondary N) is 1. The Kier molecular flexibility index (Phi) is 6.42. The summed E-state index contributed by atoms with van der Waals surface area (Å²) in [6.45, 7) is 4.65. The van der Waals surface area contributed by atoms with Crippen molar-refractivity contribution in [2.24, 2.45) is 10.7 Å². The minimum atomic E-state index is -1.14. The fourth-order valence-corrected chi connectivity index (χ4v) is 1.65. The van der Waals surface area contributed by atoms with Crippen LogP contribution in [-0.4, -0.2) is 36.2 Å². The fourth-order valence-electron chi connectivity index (χ4n) is 1.65. The fraction of sp³-hybridized carbons (Fsp3) is 0.400. The van der Waals surface area contributed by atoms with E-state index >= 15 is 0 Å². The first-order chi connectivity index (χ1) is 9.07. The summed E-state index contributed by atoms with van der Waals surface area (Å²) in [6.07, 6.45) is 15.5. The van der Waals surface area contributed by atoms with Gasteiger partial charge in [0.1, 0.15) is 5.72 Å². The van der Waals surface area contributed by atoms with E-state index in [4.69, 9.17) is 5.73 Å². The van der Waals surface area contributed by atoms with Crippen LogP contribution in [-0.2, 0) is 0 Å². The third-order valence-corrected chi connectivity index (χ3v) is 2.56. The summed E-state index contributed by atoms with van der Waals surface area (Å²) in [5, 5.41) is 12.9. The normalized spacial score (nSPS) is 22.7. The first-order valence-electron chi connectivity index (χ1n) is 6.48. The van der Waals surface area contributed by atoms with Gasteiger partial charge >= 0.3 is 0 Å². The number of nitrogens with two attached hydrogens (primary N) is 1. The molecule has 0 aliphatic heterocycles. The predicted octanol–water partition coefficient (Wildman–Crippen LogP) is 1.31. The van der Waals surface area contributed by atoms with Gasteiger partial charge < -0.3 is 10.8 Å². The maximum atomic E-state index is 10.0. The number of allylic oxidation sites excluding steroid dienone is 6. The Morgan fingerprint density at radius 1 is 1.53 bits per heavy atom. The number of aliphatic imine (C=N–C) groups is 1. The monoisotopic (exact) mass is 261 g/mol. The predicted molar refractivity (Wildman–Crippen MR) is 81.1 cm³/mol. The lowest BCUT2D eigenvalue weighted by Gasteiger charge is -2.20. The standard InChI is InChI=1S/C15H23N3O/c1-3-6-13-7-4-5-8-14(11-13)17-12-15(2,19)18-10-9-16/h3-8,11-12,14,18-19H,9-10,16H2,1-2H3/b6-3-,17-12+. The van der Waals surface area contributed by atoms with E-state index in [-0.39, 0.29) is 6.04 Å². The van der Waals surface area contributed by atoms with E-state index in [1.165, 1.54) is 6.21 Å². The van der Waals surface area contributed by atoms with Gasteiger partial charge in [-0.2, -0.15) is 0 Å². The zero-order chi connectivity index (χ0) is 14.1. The Hall–Kier alpha value is -1.49. The van der Waals surface area contributed by atoms with Crippen molar-refractivity contribution >= 4 is 6.21 Å². The van der Waals surface area contributed by atoms with E-state index < -0.39 is 5.72 Å². The molecule has 1 rings (SSSR count). The topological polar surface area (TPSA) is 70.6 Å². The van der Waals surface area contributed by atoms with Gasteiger partial charge in [-0.1, -0.05) is 36.5 Å². The van der Waals surface area contributed by atoms with E-state index in [2.05, 4.69) is 10.3 Å². The minimum absolute atomic E-state index is 0.0765.